The van der Waals surface area contributed by atoms with Gasteiger partial charge in [0.05, 0.1) is 11.3 Å². The summed E-state index contributed by atoms with van der Waals surface area (Å²) in [6, 6.07) is 20.2. The zero-order valence-electron chi connectivity index (χ0n) is 25.9. The summed E-state index contributed by atoms with van der Waals surface area (Å²) in [5, 5.41) is 4.76. The molecule has 3 rings (SSSR count). The number of rotatable bonds is 6. The number of nitrogens with one attached hydrogen (secondary N) is 2. The molecule has 0 spiro atoms. The molecule has 0 aliphatic rings. The summed E-state index contributed by atoms with van der Waals surface area (Å²) in [6.07, 6.45) is -0.0300. The van der Waals surface area contributed by atoms with Crippen molar-refractivity contribution in [1.29, 1.82) is 0 Å². The fourth-order valence-electron chi connectivity index (χ4n) is 3.56. The Balaban J connectivity index is 0.00000226. The summed E-state index contributed by atoms with van der Waals surface area (Å²) in [5.74, 6) is -1.83. The highest BCUT2D eigenvalue weighted by Crippen LogP contribution is 2.22. The number of hydrogen-bond donors (Lipinski definition) is 2. The van der Waals surface area contributed by atoms with E-state index in [4.69, 9.17) is 23.8 Å². The lowest BCUT2D eigenvalue weighted by molar-refractivity contribution is -0.191. The molecule has 2 N–H and O–H groups in total. The lowest BCUT2D eigenvalue weighted by atomic mass is 10.0. The average Bonchev–Trinajstić information content (AvgIpc) is 2.92. The zero-order chi connectivity index (χ0) is 33.6. The monoisotopic (exact) mass is 621 g/mol. The van der Waals surface area contributed by atoms with Gasteiger partial charge in [0.1, 0.15) is 11.2 Å². The maximum Gasteiger partial charge on any atom is 0.414 e. The van der Waals surface area contributed by atoms with Gasteiger partial charge < -0.3 is 14.2 Å². The van der Waals surface area contributed by atoms with Gasteiger partial charge in [-0.2, -0.15) is 9.59 Å². The summed E-state index contributed by atoms with van der Waals surface area (Å²) in [7, 11) is 0. The molecule has 0 aliphatic carbocycles. The van der Waals surface area contributed by atoms with Crippen molar-refractivity contribution in [3.05, 3.63) is 95.3 Å². The first-order chi connectivity index (χ1) is 21.1. The lowest BCUT2D eigenvalue weighted by Gasteiger charge is -2.22. The van der Waals surface area contributed by atoms with Gasteiger partial charge in [0.2, 0.25) is 5.96 Å². The predicted octanol–water partition coefficient (Wildman–Crippen LogP) is 6.28. The second kappa shape index (κ2) is 16.5. The van der Waals surface area contributed by atoms with Crippen LogP contribution in [0.25, 0.3) is 0 Å². The topological polar surface area (TPSA) is 149 Å². The number of esters is 1. The highest BCUT2D eigenvalue weighted by Gasteiger charge is 2.21. The van der Waals surface area contributed by atoms with Crippen molar-refractivity contribution in [3.63, 3.8) is 0 Å². The molecule has 0 saturated carbocycles. The molecular formula is C33H36FN3O8. The third-order valence-electron chi connectivity index (χ3n) is 5.33. The quantitative estimate of drug-likeness (QED) is 0.141. The molecule has 12 heteroatoms. The molecule has 11 nitrogen and oxygen atoms in total. The van der Waals surface area contributed by atoms with Crippen molar-refractivity contribution in [2.45, 2.75) is 65.6 Å². The van der Waals surface area contributed by atoms with Crippen LogP contribution in [0.1, 0.15) is 63.0 Å². The van der Waals surface area contributed by atoms with Crippen LogP contribution in [0, 0.1) is 5.82 Å². The fourth-order valence-corrected chi connectivity index (χ4v) is 3.56. The molecule has 0 bridgehead atoms. The Morgan fingerprint density at radius 1 is 0.756 bits per heavy atom. The largest absolute Gasteiger partial charge is 0.444 e. The Kier molecular flexibility index (Phi) is 13.1. The maximum absolute atomic E-state index is 14.7. The third kappa shape index (κ3) is 14.1. The van der Waals surface area contributed by atoms with Crippen LogP contribution in [0.4, 0.5) is 19.7 Å². The van der Waals surface area contributed by atoms with Crippen molar-refractivity contribution < 1.29 is 42.6 Å². The number of halogens is 1. The number of benzene rings is 3. The first kappa shape index (κ1) is 35.8. The molecule has 0 fully saturated rings. The molecule has 0 saturated heterocycles. The Morgan fingerprint density at radius 3 is 1.76 bits per heavy atom. The number of nitrogens with zero attached hydrogens (tertiary/aromatic N) is 1. The van der Waals surface area contributed by atoms with Crippen LogP contribution in [0.3, 0.4) is 0 Å². The molecule has 0 atom stereocenters. The van der Waals surface area contributed by atoms with Gasteiger partial charge in [-0.05, 0) is 102 Å². The molecule has 0 unspecified atom stereocenters. The molecule has 0 radical (unpaired) electrons. The first-order valence-electron chi connectivity index (χ1n) is 13.8. The molecule has 3 aromatic rings. The Morgan fingerprint density at radius 2 is 1.27 bits per heavy atom. The zero-order valence-corrected chi connectivity index (χ0v) is 25.9. The second-order valence-corrected chi connectivity index (χ2v) is 11.5. The Hall–Kier alpha value is -5.35. The van der Waals surface area contributed by atoms with Gasteiger partial charge in [-0.15, -0.1) is 0 Å². The van der Waals surface area contributed by atoms with Gasteiger partial charge in [-0.1, -0.05) is 36.4 Å². The second-order valence-electron chi connectivity index (χ2n) is 11.5. The van der Waals surface area contributed by atoms with E-state index in [9.17, 15) is 18.8 Å². The fraction of sp³-hybridized carbons (Fsp3) is 0.303. The molecule has 0 aromatic heterocycles. The summed E-state index contributed by atoms with van der Waals surface area (Å²) >= 11 is 0. The summed E-state index contributed by atoms with van der Waals surface area (Å²) in [5.41, 5.74) is 0.783. The van der Waals surface area contributed by atoms with Crippen LogP contribution in [-0.2, 0) is 31.9 Å². The predicted molar refractivity (Wildman–Crippen MR) is 162 cm³/mol. The van der Waals surface area contributed by atoms with Crippen molar-refractivity contribution in [1.82, 2.24) is 10.6 Å². The van der Waals surface area contributed by atoms with Crippen LogP contribution in [-0.4, -0.2) is 41.5 Å². The van der Waals surface area contributed by atoms with E-state index < -0.39 is 35.2 Å². The summed E-state index contributed by atoms with van der Waals surface area (Å²) in [4.78, 5) is 57.7. The molecule has 0 aliphatic heterocycles. The van der Waals surface area contributed by atoms with E-state index in [1.807, 2.05) is 30.3 Å². The van der Waals surface area contributed by atoms with E-state index in [-0.39, 0.29) is 29.1 Å². The number of carbonyl (C=O) groups is 3. The van der Waals surface area contributed by atoms with Gasteiger partial charge in [0.15, 0.2) is 11.6 Å². The van der Waals surface area contributed by atoms with Crippen molar-refractivity contribution >= 4 is 36.0 Å². The minimum Gasteiger partial charge on any atom is -0.444 e. The first-order valence-corrected chi connectivity index (χ1v) is 13.8. The van der Waals surface area contributed by atoms with Gasteiger partial charge in [0.25, 0.3) is 0 Å². The smallest absolute Gasteiger partial charge is 0.414 e. The Labute approximate surface area is 260 Å². The highest BCUT2D eigenvalue weighted by molar-refractivity contribution is 6.02. The normalized spacial score (nSPS) is 10.6. The highest BCUT2D eigenvalue weighted by atomic mass is 19.1. The van der Waals surface area contributed by atoms with Crippen LogP contribution in [0.5, 0.6) is 5.75 Å². The molecule has 238 valence electrons. The van der Waals surface area contributed by atoms with Crippen molar-refractivity contribution in [2.24, 2.45) is 4.99 Å². The molecule has 2 amide bonds. The van der Waals surface area contributed by atoms with Crippen LogP contribution in [0.15, 0.2) is 77.8 Å². The van der Waals surface area contributed by atoms with Crippen LogP contribution >= 0.6 is 0 Å². The third-order valence-corrected chi connectivity index (χ3v) is 5.33. The SMILES string of the molecule is CC(C)(C)OC(=O)NC(=Nc1ccc(C(=O)Oc2ccc(CCc3ccccc3)cc2F)cc1)NC(=O)OC(C)(C)C.O=C=O. The molecule has 45 heavy (non-hydrogen) atoms. The van der Waals surface area contributed by atoms with Gasteiger partial charge in [-0.3, -0.25) is 10.6 Å². The van der Waals surface area contributed by atoms with Crippen LogP contribution in [0.2, 0.25) is 0 Å². The van der Waals surface area contributed by atoms with Crippen molar-refractivity contribution in [2.75, 3.05) is 0 Å². The number of alkyl carbamates (subject to hydrolysis) is 2. The molecular weight excluding hydrogens is 585 g/mol. The number of carbonyl (C=O) groups excluding carboxylic acids is 5. The van der Waals surface area contributed by atoms with E-state index in [2.05, 4.69) is 15.6 Å². The number of guanidine groups is 1. The maximum atomic E-state index is 14.7. The van der Waals surface area contributed by atoms with Crippen LogP contribution < -0.4 is 15.4 Å². The van der Waals surface area contributed by atoms with Gasteiger partial charge in [0, 0.05) is 0 Å². The Bertz CT molecular complexity index is 1490. The van der Waals surface area contributed by atoms with Gasteiger partial charge in [-0.25, -0.2) is 23.8 Å². The summed E-state index contributed by atoms with van der Waals surface area (Å²) < 4.78 is 30.4. The van der Waals surface area contributed by atoms with Gasteiger partial charge >= 0.3 is 24.3 Å². The van der Waals surface area contributed by atoms with Crippen molar-refractivity contribution in [3.8, 4) is 5.75 Å². The van der Waals surface area contributed by atoms with E-state index in [0.29, 0.717) is 6.42 Å². The number of aryl methyl sites for hydroxylation is 2. The number of amides is 2. The average molecular weight is 622 g/mol. The van der Waals surface area contributed by atoms with E-state index >= 15 is 0 Å². The number of hydrogen-bond acceptors (Lipinski definition) is 9. The van der Waals surface area contributed by atoms with E-state index in [1.165, 1.54) is 36.4 Å². The number of aliphatic imine (C=N–C) groups is 1. The minimum absolute atomic E-state index is 0.142. The standard InChI is InChI=1S/C32H36FN3O6.CO2/c1-31(2,3)41-29(38)35-28(36-30(39)42-32(4,5)6)34-24-17-15-23(16-18-24)27(37)40-26-19-14-22(20-25(26)33)13-12-21-10-8-7-9-11-21;2-1-3/h7-11,14-20H,12-13H2,1-6H3,(H2,34,35,36,38,39);. The number of ether oxygens (including phenoxy) is 3. The van der Waals surface area contributed by atoms with E-state index in [0.717, 1.165) is 17.5 Å². The molecule has 0 heterocycles. The minimum atomic E-state index is -0.842. The van der Waals surface area contributed by atoms with E-state index in [1.54, 1.807) is 47.6 Å². The summed E-state index contributed by atoms with van der Waals surface area (Å²) in [6.45, 7) is 10.1. The molecule has 3 aromatic carbocycles. The lowest BCUT2D eigenvalue weighted by Crippen LogP contribution is -2.47.